The van der Waals surface area contributed by atoms with Crippen molar-refractivity contribution in [2.75, 3.05) is 17.4 Å². The second-order valence-electron chi connectivity index (χ2n) is 11.6. The molecule has 4 rings (SSSR count). The highest BCUT2D eigenvalue weighted by atomic mass is 35.5. The molecule has 0 aliphatic carbocycles. The van der Waals surface area contributed by atoms with Gasteiger partial charge in [-0.25, -0.2) is 8.42 Å². The van der Waals surface area contributed by atoms with E-state index in [1.165, 1.54) is 4.90 Å². The normalized spacial score (nSPS) is 11.9. The number of amides is 2. The molecule has 2 amide bonds. The van der Waals surface area contributed by atoms with E-state index in [0.717, 1.165) is 39.4 Å². The van der Waals surface area contributed by atoms with E-state index in [9.17, 15) is 18.0 Å². The predicted octanol–water partition coefficient (Wildman–Crippen LogP) is 7.02. The molecule has 9 heteroatoms. The Morgan fingerprint density at radius 1 is 0.826 bits per heavy atom. The summed E-state index contributed by atoms with van der Waals surface area (Å²) in [5.41, 5.74) is 4.52. The van der Waals surface area contributed by atoms with Crippen LogP contribution in [0.5, 0.6) is 0 Å². The molecule has 0 aromatic heterocycles. The highest BCUT2D eigenvalue weighted by Gasteiger charge is 2.35. The van der Waals surface area contributed by atoms with E-state index >= 15 is 0 Å². The van der Waals surface area contributed by atoms with Gasteiger partial charge in [0.15, 0.2) is 0 Å². The zero-order valence-electron chi connectivity index (χ0n) is 26.9. The van der Waals surface area contributed by atoms with Gasteiger partial charge in [0.25, 0.3) is 10.0 Å². The van der Waals surface area contributed by atoms with Crippen LogP contribution in [0.3, 0.4) is 0 Å². The molecular weight excluding hydrogens is 618 g/mol. The number of carbonyl (C=O) groups excluding carboxylic acids is 2. The molecule has 0 unspecified atom stereocenters. The number of carbonyl (C=O) groups is 2. The zero-order chi connectivity index (χ0) is 33.3. The molecule has 0 heterocycles. The molecule has 0 fully saturated rings. The van der Waals surface area contributed by atoms with Crippen molar-refractivity contribution >= 4 is 39.1 Å². The minimum Gasteiger partial charge on any atom is -0.354 e. The van der Waals surface area contributed by atoms with Gasteiger partial charge in [-0.2, -0.15) is 0 Å². The number of anilines is 1. The Bertz CT molecular complexity index is 1720. The Kier molecular flexibility index (Phi) is 12.0. The molecule has 0 aliphatic heterocycles. The Hall–Kier alpha value is -4.14. The first-order valence-electron chi connectivity index (χ1n) is 15.5. The van der Waals surface area contributed by atoms with Crippen LogP contribution in [0.1, 0.15) is 47.6 Å². The van der Waals surface area contributed by atoms with Gasteiger partial charge >= 0.3 is 0 Å². The first-order chi connectivity index (χ1) is 22.0. The molecule has 0 saturated carbocycles. The topological polar surface area (TPSA) is 86.8 Å². The largest absolute Gasteiger partial charge is 0.354 e. The monoisotopic (exact) mass is 659 g/mol. The Morgan fingerprint density at radius 2 is 1.46 bits per heavy atom. The summed E-state index contributed by atoms with van der Waals surface area (Å²) in [6.45, 7) is 7.65. The van der Waals surface area contributed by atoms with Crippen LogP contribution in [0.2, 0.25) is 5.02 Å². The van der Waals surface area contributed by atoms with Gasteiger partial charge in [0, 0.05) is 24.5 Å². The standard InChI is InChI=1S/C37H42ClN3O4S/c1-5-6-20-39-37(43)35(24-30-12-8-7-9-13-30)40(25-31-14-10-11-15-34(31)38)36(42)26-41(32-22-28(3)21-29(4)23-32)46(44,45)33-18-16-27(2)17-19-33/h7-19,21-23,35H,5-6,20,24-26H2,1-4H3,(H,39,43)/t35-/m1/s1. The minimum atomic E-state index is -4.18. The van der Waals surface area contributed by atoms with Crippen molar-refractivity contribution in [2.24, 2.45) is 0 Å². The number of sulfonamides is 1. The summed E-state index contributed by atoms with van der Waals surface area (Å²) in [5, 5.41) is 3.45. The Labute approximate surface area is 278 Å². The number of rotatable bonds is 14. The first-order valence-corrected chi connectivity index (χ1v) is 17.3. The van der Waals surface area contributed by atoms with Crippen LogP contribution in [-0.4, -0.2) is 44.3 Å². The van der Waals surface area contributed by atoms with E-state index in [4.69, 9.17) is 11.6 Å². The molecule has 4 aromatic rings. The van der Waals surface area contributed by atoms with Gasteiger partial charge in [-0.3, -0.25) is 13.9 Å². The van der Waals surface area contributed by atoms with Crippen molar-refractivity contribution in [3.8, 4) is 0 Å². The molecule has 0 radical (unpaired) electrons. The van der Waals surface area contributed by atoms with Crippen LogP contribution in [0.4, 0.5) is 5.69 Å². The van der Waals surface area contributed by atoms with Crippen LogP contribution in [0.25, 0.3) is 0 Å². The zero-order valence-corrected chi connectivity index (χ0v) is 28.4. The lowest BCUT2D eigenvalue weighted by molar-refractivity contribution is -0.140. The van der Waals surface area contributed by atoms with Crippen molar-refractivity contribution in [1.82, 2.24) is 10.2 Å². The number of hydrogen-bond acceptors (Lipinski definition) is 4. The van der Waals surface area contributed by atoms with Crippen LogP contribution in [0.15, 0.2) is 102 Å². The van der Waals surface area contributed by atoms with E-state index in [-0.39, 0.29) is 23.8 Å². The number of unbranched alkanes of at least 4 members (excludes halogenated alkanes) is 1. The fourth-order valence-corrected chi connectivity index (χ4v) is 6.92. The van der Waals surface area contributed by atoms with Crippen LogP contribution >= 0.6 is 11.6 Å². The molecule has 4 aromatic carbocycles. The fraction of sp³-hybridized carbons (Fsp3) is 0.297. The lowest BCUT2D eigenvalue weighted by Gasteiger charge is -2.34. The van der Waals surface area contributed by atoms with Gasteiger partial charge in [-0.1, -0.05) is 97.2 Å². The number of halogens is 1. The predicted molar refractivity (Wildman–Crippen MR) is 185 cm³/mol. The average Bonchev–Trinajstić information content (AvgIpc) is 3.02. The van der Waals surface area contributed by atoms with Crippen molar-refractivity contribution in [1.29, 1.82) is 0 Å². The van der Waals surface area contributed by atoms with Crippen molar-refractivity contribution in [2.45, 2.75) is 64.4 Å². The van der Waals surface area contributed by atoms with Crippen LogP contribution in [0, 0.1) is 20.8 Å². The summed E-state index contributed by atoms with van der Waals surface area (Å²) < 4.78 is 29.7. The first kappa shape index (κ1) is 34.7. The average molecular weight is 660 g/mol. The third kappa shape index (κ3) is 8.98. The quantitative estimate of drug-likeness (QED) is 0.148. The molecule has 0 aliphatic rings. The second kappa shape index (κ2) is 15.9. The van der Waals surface area contributed by atoms with Gasteiger partial charge in [0.1, 0.15) is 12.6 Å². The van der Waals surface area contributed by atoms with E-state index in [0.29, 0.717) is 22.8 Å². The van der Waals surface area contributed by atoms with Gasteiger partial charge in [0.05, 0.1) is 10.6 Å². The van der Waals surface area contributed by atoms with Gasteiger partial charge in [-0.05, 0) is 79.8 Å². The summed E-state index contributed by atoms with van der Waals surface area (Å²) in [7, 11) is -4.18. The van der Waals surface area contributed by atoms with Gasteiger partial charge in [-0.15, -0.1) is 0 Å². The lowest BCUT2D eigenvalue weighted by atomic mass is 10.0. The van der Waals surface area contributed by atoms with Crippen molar-refractivity contribution < 1.29 is 18.0 Å². The maximum absolute atomic E-state index is 14.6. The number of nitrogens with zero attached hydrogens (tertiary/aromatic N) is 2. The third-order valence-electron chi connectivity index (χ3n) is 7.78. The van der Waals surface area contributed by atoms with Crippen molar-refractivity contribution in [3.63, 3.8) is 0 Å². The summed E-state index contributed by atoms with van der Waals surface area (Å²) in [4.78, 5) is 30.0. The maximum Gasteiger partial charge on any atom is 0.264 e. The number of nitrogens with one attached hydrogen (secondary N) is 1. The summed E-state index contributed by atoms with van der Waals surface area (Å²) >= 11 is 6.58. The van der Waals surface area contributed by atoms with Crippen LogP contribution < -0.4 is 9.62 Å². The number of aryl methyl sites for hydroxylation is 3. The molecule has 7 nitrogen and oxygen atoms in total. The maximum atomic E-state index is 14.6. The summed E-state index contributed by atoms with van der Waals surface area (Å²) in [6.07, 6.45) is 1.93. The SMILES string of the molecule is CCCCNC(=O)[C@@H](Cc1ccccc1)N(Cc1ccccc1Cl)C(=O)CN(c1cc(C)cc(C)c1)S(=O)(=O)c1ccc(C)cc1. The van der Waals surface area contributed by atoms with Crippen LogP contribution in [-0.2, 0) is 32.6 Å². The molecule has 1 N–H and O–H groups in total. The third-order valence-corrected chi connectivity index (χ3v) is 9.94. The fourth-order valence-electron chi connectivity index (χ4n) is 5.33. The summed E-state index contributed by atoms with van der Waals surface area (Å²) in [5.74, 6) is -0.835. The molecule has 1 atom stereocenters. The van der Waals surface area contributed by atoms with E-state index in [2.05, 4.69) is 5.32 Å². The molecule has 0 saturated heterocycles. The lowest BCUT2D eigenvalue weighted by Crippen LogP contribution is -2.53. The van der Waals surface area contributed by atoms with Gasteiger partial charge in [0.2, 0.25) is 11.8 Å². The molecule has 46 heavy (non-hydrogen) atoms. The molecular formula is C37H42ClN3O4S. The Morgan fingerprint density at radius 3 is 2.09 bits per heavy atom. The van der Waals surface area contributed by atoms with E-state index in [1.807, 2.05) is 76.2 Å². The van der Waals surface area contributed by atoms with Gasteiger partial charge < -0.3 is 10.2 Å². The highest BCUT2D eigenvalue weighted by molar-refractivity contribution is 7.92. The molecule has 0 bridgehead atoms. The van der Waals surface area contributed by atoms with Crippen molar-refractivity contribution in [3.05, 3.63) is 130 Å². The number of benzene rings is 4. The van der Waals surface area contributed by atoms with E-state index in [1.54, 1.807) is 48.5 Å². The Balaban J connectivity index is 1.82. The second-order valence-corrected chi connectivity index (χ2v) is 13.9. The highest BCUT2D eigenvalue weighted by Crippen LogP contribution is 2.28. The number of hydrogen-bond donors (Lipinski definition) is 1. The molecule has 242 valence electrons. The van der Waals surface area contributed by atoms with E-state index < -0.39 is 28.5 Å². The smallest absolute Gasteiger partial charge is 0.264 e. The molecule has 0 spiro atoms. The minimum absolute atomic E-state index is 0.0163. The summed E-state index contributed by atoms with van der Waals surface area (Å²) in [6, 6.07) is 27.7.